The van der Waals surface area contributed by atoms with Gasteiger partial charge in [-0.15, -0.1) is 11.3 Å². The molecule has 2 aliphatic rings. The van der Waals surface area contributed by atoms with Gasteiger partial charge in [-0.3, -0.25) is 14.6 Å². The predicted molar refractivity (Wildman–Crippen MR) is 175 cm³/mol. The molecule has 0 atom stereocenters. The molecular weight excluding hydrogens is 588 g/mol. The Hall–Kier alpha value is -4.38. The number of fused-ring (bicyclic) bond motifs is 1. The van der Waals surface area contributed by atoms with E-state index in [1.807, 2.05) is 58.8 Å². The fourth-order valence-electron chi connectivity index (χ4n) is 5.56. The van der Waals surface area contributed by atoms with Crippen molar-refractivity contribution in [1.29, 1.82) is 0 Å². The van der Waals surface area contributed by atoms with Gasteiger partial charge in [0.2, 0.25) is 6.79 Å². The van der Waals surface area contributed by atoms with Gasteiger partial charge in [-0.2, -0.15) is 0 Å². The van der Waals surface area contributed by atoms with Crippen molar-refractivity contribution >= 4 is 23.3 Å². The second kappa shape index (κ2) is 14.6. The Labute approximate surface area is 268 Å². The summed E-state index contributed by atoms with van der Waals surface area (Å²) in [7, 11) is 3.31. The summed E-state index contributed by atoms with van der Waals surface area (Å²) < 4.78 is 22.2. The van der Waals surface area contributed by atoms with Gasteiger partial charge >= 0.3 is 0 Å². The van der Waals surface area contributed by atoms with Crippen LogP contribution in [0.15, 0.2) is 78.2 Å². The molecule has 45 heavy (non-hydrogen) atoms. The van der Waals surface area contributed by atoms with E-state index in [2.05, 4.69) is 40.2 Å². The highest BCUT2D eigenvalue weighted by atomic mass is 32.1. The molecule has 3 heterocycles. The van der Waals surface area contributed by atoms with Crippen LogP contribution in [0, 0.1) is 0 Å². The number of benzene rings is 3. The fourth-order valence-corrected chi connectivity index (χ4v) is 6.37. The van der Waals surface area contributed by atoms with Gasteiger partial charge in [0.15, 0.2) is 11.5 Å². The lowest BCUT2D eigenvalue weighted by Gasteiger charge is -2.33. The largest absolute Gasteiger partial charge is 0.497 e. The van der Waals surface area contributed by atoms with E-state index in [1.54, 1.807) is 14.2 Å². The molecule has 1 fully saturated rings. The summed E-state index contributed by atoms with van der Waals surface area (Å²) in [5, 5.41) is 2.77. The summed E-state index contributed by atoms with van der Waals surface area (Å²) in [4.78, 5) is 24.8. The maximum atomic E-state index is 13.4. The van der Waals surface area contributed by atoms with Gasteiger partial charge < -0.3 is 23.8 Å². The molecule has 10 heteroatoms. The van der Waals surface area contributed by atoms with Crippen LogP contribution in [-0.4, -0.2) is 79.3 Å². The molecule has 234 valence electrons. The molecule has 9 nitrogen and oxygen atoms in total. The monoisotopic (exact) mass is 626 g/mol. The predicted octanol–water partition coefficient (Wildman–Crippen LogP) is 5.56. The summed E-state index contributed by atoms with van der Waals surface area (Å²) >= 11 is 1.52. The third kappa shape index (κ3) is 7.83. The van der Waals surface area contributed by atoms with E-state index in [-0.39, 0.29) is 12.7 Å². The Morgan fingerprint density at radius 2 is 1.76 bits per heavy atom. The van der Waals surface area contributed by atoms with Gasteiger partial charge in [-0.05, 0) is 29.3 Å². The van der Waals surface area contributed by atoms with Gasteiger partial charge in [0.05, 0.1) is 20.8 Å². The van der Waals surface area contributed by atoms with E-state index in [0.717, 1.165) is 58.8 Å². The van der Waals surface area contributed by atoms with Crippen molar-refractivity contribution in [2.75, 3.05) is 53.7 Å². The molecule has 0 spiro atoms. The molecule has 0 unspecified atom stereocenters. The van der Waals surface area contributed by atoms with Crippen LogP contribution in [0.3, 0.4) is 0 Å². The van der Waals surface area contributed by atoms with E-state index in [9.17, 15) is 4.79 Å². The van der Waals surface area contributed by atoms with Gasteiger partial charge in [0, 0.05) is 62.8 Å². The topological polar surface area (TPSA) is 76.6 Å². The van der Waals surface area contributed by atoms with Crippen LogP contribution in [0.4, 0.5) is 0 Å². The highest BCUT2D eigenvalue weighted by molar-refractivity contribution is 7.09. The van der Waals surface area contributed by atoms with Crippen molar-refractivity contribution in [2.45, 2.75) is 19.6 Å². The third-order valence-corrected chi connectivity index (χ3v) is 8.83. The van der Waals surface area contributed by atoms with Gasteiger partial charge in [0.25, 0.3) is 5.91 Å². The summed E-state index contributed by atoms with van der Waals surface area (Å²) in [6.07, 6.45) is 4.34. The third-order valence-electron chi connectivity index (χ3n) is 7.99. The minimum Gasteiger partial charge on any atom is -0.497 e. The van der Waals surface area contributed by atoms with Crippen LogP contribution >= 0.6 is 11.3 Å². The van der Waals surface area contributed by atoms with Crippen molar-refractivity contribution < 1.29 is 23.7 Å². The van der Waals surface area contributed by atoms with Crippen molar-refractivity contribution in [1.82, 2.24) is 19.7 Å². The number of amides is 1. The Bertz CT molecular complexity index is 1620. The Morgan fingerprint density at radius 3 is 2.56 bits per heavy atom. The number of piperazine rings is 1. The first kappa shape index (κ1) is 30.6. The van der Waals surface area contributed by atoms with Gasteiger partial charge in [-0.25, -0.2) is 4.98 Å². The van der Waals surface area contributed by atoms with Crippen molar-refractivity contribution in [3.8, 4) is 23.0 Å². The Kier molecular flexibility index (Phi) is 9.94. The standard InChI is InChI=1S/C35H38N4O5S/c1-41-29-12-11-28(32(20-29)42-2)22-38(21-27-10-13-31-33(19-27)44-25-43-31)23-34-36-30(24-45-34)35(40)39-17-15-37(16-18-39)14-6-9-26-7-4-3-5-8-26/h3-13,19-20,24H,14-18,21-23,25H2,1-2H3. The molecule has 0 N–H and O–H groups in total. The summed E-state index contributed by atoms with van der Waals surface area (Å²) in [6.45, 7) is 6.02. The first-order chi connectivity index (χ1) is 22.1. The lowest BCUT2D eigenvalue weighted by molar-refractivity contribution is 0.0645. The first-order valence-electron chi connectivity index (χ1n) is 15.1. The quantitative estimate of drug-likeness (QED) is 0.202. The lowest BCUT2D eigenvalue weighted by Crippen LogP contribution is -2.48. The Morgan fingerprint density at radius 1 is 0.933 bits per heavy atom. The number of thiazole rings is 1. The number of ether oxygens (including phenoxy) is 4. The second-order valence-electron chi connectivity index (χ2n) is 11.0. The first-order valence-corrected chi connectivity index (χ1v) is 16.0. The molecular formula is C35H38N4O5S. The molecule has 0 radical (unpaired) electrons. The van der Waals surface area contributed by atoms with E-state index in [4.69, 9.17) is 23.9 Å². The highest BCUT2D eigenvalue weighted by Gasteiger charge is 2.24. The van der Waals surface area contributed by atoms with Crippen LogP contribution in [0.1, 0.15) is 32.2 Å². The number of carbonyl (C=O) groups excluding carboxylic acids is 1. The number of carbonyl (C=O) groups is 1. The van der Waals surface area contributed by atoms with E-state index < -0.39 is 0 Å². The molecule has 4 aromatic rings. The summed E-state index contributed by atoms with van der Waals surface area (Å²) in [5.74, 6) is 3.01. The molecule has 0 aliphatic carbocycles. The molecule has 2 aliphatic heterocycles. The number of methoxy groups -OCH3 is 2. The van der Waals surface area contributed by atoms with E-state index in [0.29, 0.717) is 38.4 Å². The van der Waals surface area contributed by atoms with E-state index in [1.165, 1.54) is 16.9 Å². The van der Waals surface area contributed by atoms with Crippen LogP contribution in [0.5, 0.6) is 23.0 Å². The fraction of sp³-hybridized carbons (Fsp3) is 0.314. The Balaban J connectivity index is 1.10. The molecule has 3 aromatic carbocycles. The SMILES string of the molecule is COc1ccc(CN(Cc2ccc3c(c2)OCO3)Cc2nc(C(=O)N3CCN(CC=Cc4ccccc4)CC3)cs2)c(OC)c1. The van der Waals surface area contributed by atoms with Crippen molar-refractivity contribution in [3.05, 3.63) is 106 Å². The number of rotatable bonds is 12. The van der Waals surface area contributed by atoms with E-state index >= 15 is 0 Å². The minimum absolute atomic E-state index is 0.00359. The van der Waals surface area contributed by atoms with Gasteiger partial charge in [0.1, 0.15) is 22.2 Å². The zero-order chi connectivity index (χ0) is 31.0. The maximum absolute atomic E-state index is 13.4. The highest BCUT2D eigenvalue weighted by Crippen LogP contribution is 2.34. The lowest BCUT2D eigenvalue weighted by atomic mass is 10.1. The zero-order valence-corrected chi connectivity index (χ0v) is 26.5. The smallest absolute Gasteiger partial charge is 0.273 e. The molecule has 0 saturated carbocycles. The maximum Gasteiger partial charge on any atom is 0.273 e. The van der Waals surface area contributed by atoms with Crippen LogP contribution in [0.2, 0.25) is 0 Å². The second-order valence-corrected chi connectivity index (χ2v) is 12.0. The molecule has 1 aromatic heterocycles. The molecule has 6 rings (SSSR count). The zero-order valence-electron chi connectivity index (χ0n) is 25.7. The molecule has 1 amide bonds. The average Bonchev–Trinajstić information content (AvgIpc) is 3.75. The number of hydrogen-bond acceptors (Lipinski definition) is 9. The van der Waals surface area contributed by atoms with Crippen LogP contribution in [0.25, 0.3) is 6.08 Å². The van der Waals surface area contributed by atoms with Crippen LogP contribution < -0.4 is 18.9 Å². The van der Waals surface area contributed by atoms with Crippen molar-refractivity contribution in [2.24, 2.45) is 0 Å². The summed E-state index contributed by atoms with van der Waals surface area (Å²) in [5.41, 5.74) is 3.83. The average molecular weight is 627 g/mol. The van der Waals surface area contributed by atoms with Gasteiger partial charge in [-0.1, -0.05) is 54.6 Å². The normalized spacial score (nSPS) is 14.8. The molecule has 0 bridgehead atoms. The number of aromatic nitrogens is 1. The number of hydrogen-bond donors (Lipinski definition) is 0. The minimum atomic E-state index is -0.00359. The molecule has 1 saturated heterocycles. The van der Waals surface area contributed by atoms with Crippen LogP contribution in [-0.2, 0) is 19.6 Å². The number of nitrogens with zero attached hydrogens (tertiary/aromatic N) is 4. The van der Waals surface area contributed by atoms with Crippen molar-refractivity contribution in [3.63, 3.8) is 0 Å². The summed E-state index contributed by atoms with van der Waals surface area (Å²) in [6, 6.07) is 22.2.